The predicted molar refractivity (Wildman–Crippen MR) is 59.9 cm³/mol. The van der Waals surface area contributed by atoms with Gasteiger partial charge in [0.05, 0.1) is 6.42 Å². The molecule has 1 heterocycles. The fourth-order valence-corrected chi connectivity index (χ4v) is 1.15. The maximum Gasteiger partial charge on any atom is 0.303 e. The van der Waals surface area contributed by atoms with Crippen LogP contribution >= 0.6 is 0 Å². The van der Waals surface area contributed by atoms with Gasteiger partial charge in [0.1, 0.15) is 11.6 Å². The van der Waals surface area contributed by atoms with Gasteiger partial charge in [-0.15, -0.1) is 0 Å². The summed E-state index contributed by atoms with van der Waals surface area (Å²) in [5.74, 6) is -0.467. The van der Waals surface area contributed by atoms with E-state index in [2.05, 4.69) is 15.3 Å². The summed E-state index contributed by atoms with van der Waals surface area (Å²) in [7, 11) is 0. The fourth-order valence-electron chi connectivity index (χ4n) is 1.15. The zero-order valence-corrected chi connectivity index (χ0v) is 9.43. The van der Waals surface area contributed by atoms with Gasteiger partial charge in [0.25, 0.3) is 0 Å². The molecule has 1 aromatic heterocycles. The van der Waals surface area contributed by atoms with Crippen molar-refractivity contribution >= 4 is 17.7 Å². The van der Waals surface area contributed by atoms with Crippen molar-refractivity contribution in [1.29, 1.82) is 0 Å². The fraction of sp³-hybridized carbons (Fsp3) is 0.400. The van der Waals surface area contributed by atoms with E-state index in [4.69, 9.17) is 10.8 Å². The molecule has 0 fully saturated rings. The monoisotopic (exact) mass is 238 g/mol. The van der Waals surface area contributed by atoms with Crippen LogP contribution in [0.15, 0.2) is 6.20 Å². The topological polar surface area (TPSA) is 118 Å². The van der Waals surface area contributed by atoms with Crippen LogP contribution in [0, 0.1) is 6.92 Å². The first-order valence-electron chi connectivity index (χ1n) is 5.05. The van der Waals surface area contributed by atoms with Gasteiger partial charge >= 0.3 is 5.97 Å². The van der Waals surface area contributed by atoms with Gasteiger partial charge in [-0.3, -0.25) is 9.59 Å². The summed E-state index contributed by atoms with van der Waals surface area (Å²) in [5.41, 5.74) is 6.24. The minimum Gasteiger partial charge on any atom is -0.481 e. The maximum atomic E-state index is 11.2. The van der Waals surface area contributed by atoms with Crippen molar-refractivity contribution in [2.75, 3.05) is 5.73 Å². The average Bonchev–Trinajstić information content (AvgIpc) is 2.25. The molecular formula is C10H14N4O3. The molecule has 1 aromatic rings. The number of hydrogen-bond acceptors (Lipinski definition) is 5. The van der Waals surface area contributed by atoms with E-state index in [0.717, 1.165) is 0 Å². The minimum atomic E-state index is -1.00. The van der Waals surface area contributed by atoms with Crippen molar-refractivity contribution in [2.45, 2.75) is 26.3 Å². The zero-order valence-electron chi connectivity index (χ0n) is 9.43. The first-order chi connectivity index (χ1) is 7.99. The number of rotatable bonds is 5. The van der Waals surface area contributed by atoms with E-state index < -0.39 is 5.97 Å². The number of nitrogens with one attached hydrogen (secondary N) is 1. The van der Waals surface area contributed by atoms with Gasteiger partial charge in [-0.05, 0) is 6.92 Å². The van der Waals surface area contributed by atoms with Crippen molar-refractivity contribution in [3.63, 3.8) is 0 Å². The molecule has 0 aliphatic heterocycles. The molecule has 92 valence electrons. The number of carboxylic acids is 1. The van der Waals surface area contributed by atoms with Crippen molar-refractivity contribution in [1.82, 2.24) is 15.3 Å². The lowest BCUT2D eigenvalue weighted by molar-refractivity contribution is -0.138. The van der Waals surface area contributed by atoms with Gasteiger partial charge in [-0.25, -0.2) is 9.97 Å². The molecule has 0 spiro atoms. The van der Waals surface area contributed by atoms with Crippen LogP contribution in [0.3, 0.4) is 0 Å². The summed E-state index contributed by atoms with van der Waals surface area (Å²) < 4.78 is 0. The Balaban J connectivity index is 2.44. The van der Waals surface area contributed by atoms with Crippen molar-refractivity contribution < 1.29 is 14.7 Å². The SMILES string of the molecule is Cc1ncc(CNC(=O)CCC(=O)O)c(N)n1. The first kappa shape index (κ1) is 12.9. The van der Waals surface area contributed by atoms with E-state index in [1.165, 1.54) is 6.20 Å². The van der Waals surface area contributed by atoms with Gasteiger partial charge < -0.3 is 16.2 Å². The normalized spacial score (nSPS) is 9.94. The standard InChI is InChI=1S/C10H14N4O3/c1-6-12-4-7(10(11)14-6)5-13-8(15)2-3-9(16)17/h4H,2-3,5H2,1H3,(H,13,15)(H,16,17)(H2,11,12,14). The van der Waals surface area contributed by atoms with Gasteiger partial charge in [-0.2, -0.15) is 0 Å². The molecule has 0 aliphatic carbocycles. The van der Waals surface area contributed by atoms with E-state index >= 15 is 0 Å². The number of aliphatic carboxylic acids is 1. The number of nitrogens with zero attached hydrogens (tertiary/aromatic N) is 2. The number of aryl methyl sites for hydroxylation is 1. The summed E-state index contributed by atoms with van der Waals surface area (Å²) in [4.78, 5) is 29.4. The van der Waals surface area contributed by atoms with Crippen LogP contribution in [-0.2, 0) is 16.1 Å². The molecule has 7 heteroatoms. The third kappa shape index (κ3) is 4.45. The number of carbonyl (C=O) groups is 2. The second-order valence-corrected chi connectivity index (χ2v) is 3.50. The lowest BCUT2D eigenvalue weighted by Crippen LogP contribution is -2.24. The molecule has 7 nitrogen and oxygen atoms in total. The largest absolute Gasteiger partial charge is 0.481 e. The number of carbonyl (C=O) groups excluding carboxylic acids is 1. The molecule has 0 aromatic carbocycles. The number of anilines is 1. The predicted octanol–water partition coefficient (Wildman–Crippen LogP) is -0.152. The van der Waals surface area contributed by atoms with Crippen molar-refractivity contribution in [3.05, 3.63) is 17.6 Å². The second kappa shape index (κ2) is 5.78. The molecule has 1 amide bonds. The van der Waals surface area contributed by atoms with E-state index in [0.29, 0.717) is 17.2 Å². The number of carboxylic acid groups (broad SMARTS) is 1. The van der Waals surface area contributed by atoms with Crippen LogP contribution in [0.5, 0.6) is 0 Å². The molecule has 0 radical (unpaired) electrons. The Bertz CT molecular complexity index is 434. The molecule has 0 aliphatic rings. The van der Waals surface area contributed by atoms with Crippen LogP contribution in [0.2, 0.25) is 0 Å². The number of nitrogens with two attached hydrogens (primary N) is 1. The summed E-state index contributed by atoms with van der Waals surface area (Å²) in [6.07, 6.45) is 1.29. The Kier molecular flexibility index (Phi) is 4.38. The number of nitrogen functional groups attached to an aromatic ring is 1. The van der Waals surface area contributed by atoms with Crippen LogP contribution in [0.4, 0.5) is 5.82 Å². The number of aromatic nitrogens is 2. The molecule has 17 heavy (non-hydrogen) atoms. The quantitative estimate of drug-likeness (QED) is 0.656. The molecular weight excluding hydrogens is 224 g/mol. The van der Waals surface area contributed by atoms with E-state index in [9.17, 15) is 9.59 Å². The lowest BCUT2D eigenvalue weighted by Gasteiger charge is -2.06. The molecule has 0 bridgehead atoms. The Labute approximate surface area is 98.1 Å². The summed E-state index contributed by atoms with van der Waals surface area (Å²) in [5, 5.41) is 11.0. The molecule has 0 saturated heterocycles. The first-order valence-corrected chi connectivity index (χ1v) is 5.05. The van der Waals surface area contributed by atoms with Gasteiger partial charge in [0.2, 0.25) is 5.91 Å². The summed E-state index contributed by atoms with van der Waals surface area (Å²) >= 11 is 0. The van der Waals surface area contributed by atoms with Crippen molar-refractivity contribution in [3.8, 4) is 0 Å². The van der Waals surface area contributed by atoms with E-state index in [1.807, 2.05) is 0 Å². The molecule has 0 unspecified atom stereocenters. The van der Waals surface area contributed by atoms with Crippen LogP contribution < -0.4 is 11.1 Å². The summed E-state index contributed by atoms with van der Waals surface area (Å²) in [6.45, 7) is 1.91. The minimum absolute atomic E-state index is 0.0536. The van der Waals surface area contributed by atoms with Crippen molar-refractivity contribution in [2.24, 2.45) is 0 Å². The average molecular weight is 238 g/mol. The van der Waals surface area contributed by atoms with Crippen LogP contribution in [0.25, 0.3) is 0 Å². The molecule has 0 saturated carbocycles. The van der Waals surface area contributed by atoms with Gasteiger partial charge in [0, 0.05) is 24.7 Å². The highest BCUT2D eigenvalue weighted by molar-refractivity contribution is 5.80. The number of hydrogen-bond donors (Lipinski definition) is 3. The lowest BCUT2D eigenvalue weighted by atomic mass is 10.2. The van der Waals surface area contributed by atoms with E-state index in [1.54, 1.807) is 6.92 Å². The van der Waals surface area contributed by atoms with Crippen LogP contribution in [-0.4, -0.2) is 27.0 Å². The summed E-state index contributed by atoms with van der Waals surface area (Å²) in [6, 6.07) is 0. The Hall–Kier alpha value is -2.18. The molecule has 1 rings (SSSR count). The van der Waals surface area contributed by atoms with E-state index in [-0.39, 0.29) is 25.3 Å². The second-order valence-electron chi connectivity index (χ2n) is 3.50. The van der Waals surface area contributed by atoms with Crippen LogP contribution in [0.1, 0.15) is 24.2 Å². The Morgan fingerprint density at radius 2 is 2.18 bits per heavy atom. The Morgan fingerprint density at radius 3 is 2.76 bits per heavy atom. The zero-order chi connectivity index (χ0) is 12.8. The highest BCUT2D eigenvalue weighted by atomic mass is 16.4. The molecule has 0 atom stereocenters. The number of amides is 1. The maximum absolute atomic E-state index is 11.2. The van der Waals surface area contributed by atoms with Gasteiger partial charge in [0.15, 0.2) is 0 Å². The highest BCUT2D eigenvalue weighted by Gasteiger charge is 2.07. The van der Waals surface area contributed by atoms with Gasteiger partial charge in [-0.1, -0.05) is 0 Å². The molecule has 4 N–H and O–H groups in total. The smallest absolute Gasteiger partial charge is 0.303 e. The highest BCUT2D eigenvalue weighted by Crippen LogP contribution is 2.06. The third-order valence-corrected chi connectivity index (χ3v) is 2.06. The third-order valence-electron chi connectivity index (χ3n) is 2.06. The Morgan fingerprint density at radius 1 is 1.47 bits per heavy atom.